The number of anilines is 1. The van der Waals surface area contributed by atoms with Crippen LogP contribution in [0.15, 0.2) is 73.7 Å². The molecule has 2 aromatic carbocycles. The molecule has 2 aliphatic rings. The van der Waals surface area contributed by atoms with Crippen molar-refractivity contribution in [3.63, 3.8) is 0 Å². The summed E-state index contributed by atoms with van der Waals surface area (Å²) < 4.78 is 6.75. The molecule has 0 fully saturated rings. The van der Waals surface area contributed by atoms with Crippen LogP contribution in [0.3, 0.4) is 0 Å². The molecule has 0 radical (unpaired) electrons. The van der Waals surface area contributed by atoms with Crippen LogP contribution in [0.1, 0.15) is 38.3 Å². The van der Waals surface area contributed by atoms with Gasteiger partial charge in [-0.05, 0) is 41.7 Å². The Balaban J connectivity index is 1.55. The van der Waals surface area contributed by atoms with Gasteiger partial charge in [0, 0.05) is 22.2 Å². The summed E-state index contributed by atoms with van der Waals surface area (Å²) in [6.45, 7) is 4.23. The fourth-order valence-electron chi connectivity index (χ4n) is 4.14. The average Bonchev–Trinajstić information content (AvgIpc) is 3.08. The highest BCUT2D eigenvalue weighted by Crippen LogP contribution is 2.43. The summed E-state index contributed by atoms with van der Waals surface area (Å²) in [5, 5.41) is 6.50. The summed E-state index contributed by atoms with van der Waals surface area (Å²) in [5.41, 5.74) is 3.99. The van der Waals surface area contributed by atoms with Gasteiger partial charge in [-0.2, -0.15) is 4.98 Å². The molecular formula is C23H21BrN4O2. The van der Waals surface area contributed by atoms with E-state index >= 15 is 0 Å². The highest BCUT2D eigenvalue weighted by Gasteiger charge is 2.39. The highest BCUT2D eigenvalue weighted by molar-refractivity contribution is 9.10. The maximum absolute atomic E-state index is 13.1. The molecule has 2 heterocycles. The van der Waals surface area contributed by atoms with Gasteiger partial charge in [0.25, 0.3) is 0 Å². The van der Waals surface area contributed by atoms with Crippen molar-refractivity contribution in [1.82, 2.24) is 10.3 Å². The molecule has 1 aliphatic heterocycles. The molecule has 7 heteroatoms. The van der Waals surface area contributed by atoms with Gasteiger partial charge in [-0.1, -0.05) is 54.0 Å². The molecule has 30 heavy (non-hydrogen) atoms. The number of rotatable bonds is 2. The summed E-state index contributed by atoms with van der Waals surface area (Å²) >= 11 is 3.53. The number of allylic oxidation sites excluding steroid dienone is 1. The van der Waals surface area contributed by atoms with Gasteiger partial charge in [0.2, 0.25) is 5.96 Å². The smallest absolute Gasteiger partial charge is 0.302 e. The van der Waals surface area contributed by atoms with Crippen molar-refractivity contribution in [2.75, 3.05) is 5.32 Å². The molecular weight excluding hydrogens is 444 g/mol. The maximum Gasteiger partial charge on any atom is 0.302 e. The lowest BCUT2D eigenvalue weighted by atomic mass is 9.73. The molecule has 1 unspecified atom stereocenters. The standard InChI is InChI=1S/C23H21BrN4O2/c1-23(2)11-16-19(17(29)12-23)20(13-6-5-7-14(24)10-13)27-21(25-16)28-22-26-15-8-3-4-9-18(15)30-22/h3-10,20H,11-12H2,1-2H3,(H2,25,26,27,28). The predicted octanol–water partition coefficient (Wildman–Crippen LogP) is 5.35. The van der Waals surface area contributed by atoms with E-state index < -0.39 is 0 Å². The largest absolute Gasteiger partial charge is 0.423 e. The number of ketones is 1. The number of Topliss-reactive ketones (excluding diaryl/α,β-unsaturated/α-hetero) is 1. The molecule has 0 saturated heterocycles. The minimum atomic E-state index is -0.380. The number of hydrogen-bond acceptors (Lipinski definition) is 6. The number of fused-ring (bicyclic) bond motifs is 1. The zero-order chi connectivity index (χ0) is 20.9. The lowest BCUT2D eigenvalue weighted by molar-refractivity contribution is -0.118. The second-order valence-electron chi connectivity index (χ2n) is 8.51. The van der Waals surface area contributed by atoms with Crippen molar-refractivity contribution in [1.29, 1.82) is 0 Å². The van der Waals surface area contributed by atoms with Crippen LogP contribution in [0, 0.1) is 5.41 Å². The number of guanidine groups is 1. The van der Waals surface area contributed by atoms with E-state index in [1.165, 1.54) is 0 Å². The number of benzene rings is 2. The number of nitrogens with one attached hydrogen (secondary N) is 2. The van der Waals surface area contributed by atoms with Crippen LogP contribution in [-0.4, -0.2) is 16.7 Å². The first-order valence-corrected chi connectivity index (χ1v) is 10.7. The number of hydrogen-bond donors (Lipinski definition) is 2. The number of aliphatic imine (C=N–C) groups is 1. The second-order valence-corrected chi connectivity index (χ2v) is 9.42. The van der Waals surface area contributed by atoms with Gasteiger partial charge in [-0.15, -0.1) is 0 Å². The Morgan fingerprint density at radius 1 is 1.17 bits per heavy atom. The van der Waals surface area contributed by atoms with E-state index in [0.717, 1.165) is 33.2 Å². The molecule has 6 nitrogen and oxygen atoms in total. The molecule has 0 saturated carbocycles. The van der Waals surface area contributed by atoms with Crippen molar-refractivity contribution in [3.05, 3.63) is 69.8 Å². The van der Waals surface area contributed by atoms with Gasteiger partial charge in [0.05, 0.1) is 0 Å². The first-order valence-electron chi connectivity index (χ1n) is 9.87. The molecule has 0 spiro atoms. The van der Waals surface area contributed by atoms with E-state index in [0.29, 0.717) is 24.0 Å². The fraction of sp³-hybridized carbons (Fsp3) is 0.261. The zero-order valence-electron chi connectivity index (χ0n) is 16.7. The van der Waals surface area contributed by atoms with Crippen molar-refractivity contribution < 1.29 is 9.21 Å². The van der Waals surface area contributed by atoms with E-state index in [4.69, 9.17) is 9.41 Å². The Bertz CT molecular complexity index is 1190. The van der Waals surface area contributed by atoms with E-state index in [2.05, 4.69) is 45.4 Å². The molecule has 1 atom stereocenters. The number of aromatic nitrogens is 1. The normalized spacial score (nSPS) is 20.6. The summed E-state index contributed by atoms with van der Waals surface area (Å²) in [6.07, 6.45) is 1.29. The summed E-state index contributed by atoms with van der Waals surface area (Å²) in [5.74, 6) is 0.666. The Morgan fingerprint density at radius 2 is 2.00 bits per heavy atom. The SMILES string of the molecule is CC1(C)CC(=O)C2=C(C1)NC(Nc1nc3ccccc3o1)=NC2c1cccc(Br)c1. The van der Waals surface area contributed by atoms with Gasteiger partial charge in [0.1, 0.15) is 11.6 Å². The third-order valence-electron chi connectivity index (χ3n) is 5.40. The molecule has 2 N–H and O–H groups in total. The van der Waals surface area contributed by atoms with Crippen molar-refractivity contribution in [3.8, 4) is 0 Å². The zero-order valence-corrected chi connectivity index (χ0v) is 18.3. The van der Waals surface area contributed by atoms with Gasteiger partial charge in [-0.25, -0.2) is 4.99 Å². The Labute approximate surface area is 182 Å². The highest BCUT2D eigenvalue weighted by atomic mass is 79.9. The Hall–Kier alpha value is -2.93. The molecule has 1 aromatic heterocycles. The number of nitrogens with zero attached hydrogens (tertiary/aromatic N) is 2. The molecule has 0 amide bonds. The summed E-state index contributed by atoms with van der Waals surface area (Å²) in [7, 11) is 0. The minimum absolute atomic E-state index is 0.106. The lowest BCUT2D eigenvalue weighted by Crippen LogP contribution is -2.41. The Morgan fingerprint density at radius 3 is 2.80 bits per heavy atom. The van der Waals surface area contributed by atoms with Gasteiger partial charge >= 0.3 is 6.01 Å². The average molecular weight is 465 g/mol. The van der Waals surface area contributed by atoms with Crippen LogP contribution in [-0.2, 0) is 4.79 Å². The quantitative estimate of drug-likeness (QED) is 0.534. The number of oxazole rings is 1. The monoisotopic (exact) mass is 464 g/mol. The summed E-state index contributed by atoms with van der Waals surface area (Å²) in [4.78, 5) is 22.4. The fourth-order valence-corrected chi connectivity index (χ4v) is 4.56. The van der Waals surface area contributed by atoms with E-state index in [1.807, 2.05) is 48.5 Å². The van der Waals surface area contributed by atoms with Crippen molar-refractivity contribution in [2.45, 2.75) is 32.7 Å². The number of para-hydroxylation sites is 2. The van der Waals surface area contributed by atoms with E-state index in [9.17, 15) is 4.79 Å². The Kier molecular flexibility index (Phi) is 4.50. The van der Waals surface area contributed by atoms with Crippen LogP contribution in [0.4, 0.5) is 6.01 Å². The number of halogens is 1. The number of carbonyl (C=O) groups is 1. The van der Waals surface area contributed by atoms with Gasteiger partial charge in [0.15, 0.2) is 11.4 Å². The second kappa shape index (κ2) is 7.09. The van der Waals surface area contributed by atoms with Crippen LogP contribution in [0.2, 0.25) is 0 Å². The van der Waals surface area contributed by atoms with Crippen molar-refractivity contribution >= 4 is 44.8 Å². The molecule has 0 bridgehead atoms. The summed E-state index contributed by atoms with van der Waals surface area (Å²) in [6, 6.07) is 15.5. The van der Waals surface area contributed by atoms with Crippen LogP contribution in [0.5, 0.6) is 0 Å². The topological polar surface area (TPSA) is 79.5 Å². The number of carbonyl (C=O) groups excluding carboxylic acids is 1. The van der Waals surface area contributed by atoms with Gasteiger partial charge in [-0.3, -0.25) is 10.1 Å². The van der Waals surface area contributed by atoms with Crippen molar-refractivity contribution in [2.24, 2.45) is 10.4 Å². The first kappa shape index (κ1) is 19.1. The maximum atomic E-state index is 13.1. The van der Waals surface area contributed by atoms with Crippen LogP contribution < -0.4 is 10.6 Å². The van der Waals surface area contributed by atoms with Gasteiger partial charge < -0.3 is 9.73 Å². The minimum Gasteiger partial charge on any atom is -0.423 e. The first-order chi connectivity index (χ1) is 14.4. The van der Waals surface area contributed by atoms with E-state index in [-0.39, 0.29) is 17.2 Å². The third-order valence-corrected chi connectivity index (χ3v) is 5.90. The third kappa shape index (κ3) is 3.54. The molecule has 1 aliphatic carbocycles. The van der Waals surface area contributed by atoms with Crippen LogP contribution >= 0.6 is 15.9 Å². The molecule has 152 valence electrons. The molecule has 3 aromatic rings. The lowest BCUT2D eigenvalue weighted by Gasteiger charge is -2.37. The molecule has 5 rings (SSSR count). The predicted molar refractivity (Wildman–Crippen MR) is 120 cm³/mol. The van der Waals surface area contributed by atoms with Crippen LogP contribution in [0.25, 0.3) is 11.1 Å². The van der Waals surface area contributed by atoms with E-state index in [1.54, 1.807) is 0 Å².